The molecule has 2 aromatic rings. The summed E-state index contributed by atoms with van der Waals surface area (Å²) in [5.74, 6) is 0.663. The number of H-pyrrole nitrogens is 1. The molecule has 0 aliphatic carbocycles. The Kier molecular flexibility index (Phi) is 3.41. The molecule has 3 nitrogen and oxygen atoms in total. The second-order valence-corrected chi connectivity index (χ2v) is 4.39. The maximum Gasteiger partial charge on any atom is 0.219 e. The van der Waals surface area contributed by atoms with Crippen LogP contribution in [0.4, 0.5) is 0 Å². The normalized spacial score (nSPS) is 10.3. The lowest BCUT2D eigenvalue weighted by atomic mass is 10.2. The van der Waals surface area contributed by atoms with Crippen molar-refractivity contribution in [2.45, 2.75) is 12.7 Å². The first-order chi connectivity index (χ1) is 7.77. The van der Waals surface area contributed by atoms with Crippen molar-refractivity contribution in [3.8, 4) is 0 Å². The monoisotopic (exact) mass is 232 g/mol. The van der Waals surface area contributed by atoms with Crippen LogP contribution in [-0.4, -0.2) is 15.3 Å². The van der Waals surface area contributed by atoms with Crippen molar-refractivity contribution >= 4 is 16.9 Å². The van der Waals surface area contributed by atoms with E-state index in [1.54, 1.807) is 0 Å². The first-order valence-electron chi connectivity index (χ1n) is 4.99. The third-order valence-electron chi connectivity index (χ3n) is 2.30. The van der Waals surface area contributed by atoms with E-state index < -0.39 is 0 Å². The quantitative estimate of drug-likeness (QED) is 0.885. The summed E-state index contributed by atoms with van der Waals surface area (Å²) in [6, 6.07) is 9.31. The van der Waals surface area contributed by atoms with E-state index in [4.69, 9.17) is 0 Å². The molecule has 0 radical (unpaired) electrons. The van der Waals surface area contributed by atoms with E-state index >= 15 is 0 Å². The lowest BCUT2D eigenvalue weighted by Crippen LogP contribution is -1.93. The third kappa shape index (κ3) is 2.52. The Labute approximate surface area is 98.3 Å². The largest absolute Gasteiger partial charge is 0.285 e. The Morgan fingerprint density at radius 2 is 2.12 bits per heavy atom. The first kappa shape index (κ1) is 11.0. The van der Waals surface area contributed by atoms with Gasteiger partial charge in [0.1, 0.15) is 0 Å². The molecule has 0 amide bonds. The summed E-state index contributed by atoms with van der Waals surface area (Å²) in [7, 11) is 0. The van der Waals surface area contributed by atoms with Crippen molar-refractivity contribution in [2.24, 2.45) is 0 Å². The number of aromatic amines is 1. The third-order valence-corrected chi connectivity index (χ3v) is 3.26. The van der Waals surface area contributed by atoms with Crippen LogP contribution >= 0.6 is 11.8 Å². The van der Waals surface area contributed by atoms with Crippen molar-refractivity contribution in [1.82, 2.24) is 10.2 Å². The molecule has 1 heterocycles. The van der Waals surface area contributed by atoms with E-state index in [1.165, 1.54) is 11.8 Å². The number of hydrogen-bond donors (Lipinski definition) is 1. The highest BCUT2D eigenvalue weighted by molar-refractivity contribution is 8.13. The number of aromatic nitrogens is 2. The summed E-state index contributed by atoms with van der Waals surface area (Å²) < 4.78 is 0. The smallest absolute Gasteiger partial charge is 0.219 e. The second-order valence-electron chi connectivity index (χ2n) is 3.44. The highest BCUT2D eigenvalue weighted by Crippen LogP contribution is 2.18. The molecule has 1 N–H and O–H groups in total. The van der Waals surface area contributed by atoms with Crippen molar-refractivity contribution in [1.29, 1.82) is 0 Å². The lowest BCUT2D eigenvalue weighted by Gasteiger charge is -1.99. The summed E-state index contributed by atoms with van der Waals surface area (Å²) in [4.78, 5) is 11.8. The zero-order valence-electron chi connectivity index (χ0n) is 8.93. The first-order valence-corrected chi connectivity index (χ1v) is 5.97. The summed E-state index contributed by atoms with van der Waals surface area (Å²) >= 11 is 1.30. The van der Waals surface area contributed by atoms with E-state index in [0.29, 0.717) is 5.75 Å². The molecule has 0 atom stereocenters. The van der Waals surface area contributed by atoms with Gasteiger partial charge in [-0.2, -0.15) is 5.10 Å². The molecule has 1 aromatic carbocycles. The van der Waals surface area contributed by atoms with Crippen molar-refractivity contribution in [3.05, 3.63) is 53.3 Å². The number of nitrogens with one attached hydrogen (secondary N) is 1. The van der Waals surface area contributed by atoms with E-state index in [9.17, 15) is 4.79 Å². The fourth-order valence-corrected chi connectivity index (χ4v) is 2.21. The summed E-state index contributed by atoms with van der Waals surface area (Å²) in [6.07, 6.45) is 1.83. The lowest BCUT2D eigenvalue weighted by molar-refractivity contribution is 0.108. The summed E-state index contributed by atoms with van der Waals surface area (Å²) in [5, 5.41) is 6.90. The van der Waals surface area contributed by atoms with E-state index in [0.717, 1.165) is 16.8 Å². The summed E-state index contributed by atoms with van der Waals surface area (Å²) in [5.41, 5.74) is 2.77. The molecule has 82 valence electrons. The topological polar surface area (TPSA) is 45.8 Å². The SMILES string of the molecule is Cc1n[nH]cc1CSC(=O)c1ccccc1. The van der Waals surface area contributed by atoms with Gasteiger partial charge in [0.25, 0.3) is 0 Å². The molecule has 0 aliphatic rings. The number of thioether (sulfide) groups is 1. The maximum absolute atomic E-state index is 11.8. The number of carbonyl (C=O) groups is 1. The van der Waals surface area contributed by atoms with Crippen molar-refractivity contribution in [2.75, 3.05) is 0 Å². The minimum Gasteiger partial charge on any atom is -0.285 e. The standard InChI is InChI=1S/C12H12N2OS/c1-9-11(7-13-14-9)8-16-12(15)10-5-3-2-4-6-10/h2-7H,8H2,1H3,(H,13,14). The fourth-order valence-electron chi connectivity index (χ4n) is 1.33. The van der Waals surface area contributed by atoms with Crippen LogP contribution < -0.4 is 0 Å². The Morgan fingerprint density at radius 1 is 1.38 bits per heavy atom. The Hall–Kier alpha value is -1.55. The van der Waals surface area contributed by atoms with Crippen LogP contribution in [0, 0.1) is 6.92 Å². The van der Waals surface area contributed by atoms with Crippen LogP contribution in [0.3, 0.4) is 0 Å². The van der Waals surface area contributed by atoms with Crippen LogP contribution in [0.5, 0.6) is 0 Å². The van der Waals surface area contributed by atoms with Gasteiger partial charge in [-0.25, -0.2) is 0 Å². The van der Waals surface area contributed by atoms with E-state index in [-0.39, 0.29) is 5.12 Å². The van der Waals surface area contributed by atoms with Gasteiger partial charge < -0.3 is 0 Å². The molecular formula is C12H12N2OS. The van der Waals surface area contributed by atoms with Gasteiger partial charge in [0, 0.05) is 23.1 Å². The number of rotatable bonds is 3. The van der Waals surface area contributed by atoms with Crippen LogP contribution in [0.15, 0.2) is 36.5 Å². The molecule has 0 fully saturated rings. The number of nitrogens with zero attached hydrogens (tertiary/aromatic N) is 1. The van der Waals surface area contributed by atoms with Gasteiger partial charge in [0.15, 0.2) is 0 Å². The number of hydrogen-bond acceptors (Lipinski definition) is 3. The average Bonchev–Trinajstić information content (AvgIpc) is 2.73. The van der Waals surface area contributed by atoms with Crippen LogP contribution in [-0.2, 0) is 5.75 Å². The highest BCUT2D eigenvalue weighted by atomic mass is 32.2. The highest BCUT2D eigenvalue weighted by Gasteiger charge is 2.08. The molecule has 1 aromatic heterocycles. The van der Waals surface area contributed by atoms with Gasteiger partial charge in [0.2, 0.25) is 5.12 Å². The number of aryl methyl sites for hydroxylation is 1. The molecule has 0 unspecified atom stereocenters. The molecule has 0 bridgehead atoms. The molecule has 0 aliphatic heterocycles. The van der Waals surface area contributed by atoms with E-state index in [1.807, 2.05) is 43.5 Å². The van der Waals surface area contributed by atoms with Gasteiger partial charge in [-0.05, 0) is 6.92 Å². The summed E-state index contributed by atoms with van der Waals surface area (Å²) in [6.45, 7) is 1.93. The predicted octanol–water partition coefficient (Wildman–Crippen LogP) is 2.79. The van der Waals surface area contributed by atoms with Gasteiger partial charge in [-0.15, -0.1) is 0 Å². The molecule has 0 spiro atoms. The Bertz CT molecular complexity index is 479. The zero-order chi connectivity index (χ0) is 11.4. The van der Waals surface area contributed by atoms with E-state index in [2.05, 4.69) is 10.2 Å². The molecule has 4 heteroatoms. The second kappa shape index (κ2) is 4.99. The Morgan fingerprint density at radius 3 is 2.75 bits per heavy atom. The zero-order valence-corrected chi connectivity index (χ0v) is 9.75. The Balaban J connectivity index is 1.97. The minimum absolute atomic E-state index is 0.0983. The van der Waals surface area contributed by atoms with Gasteiger partial charge in [-0.3, -0.25) is 9.89 Å². The maximum atomic E-state index is 11.8. The van der Waals surface area contributed by atoms with Crippen molar-refractivity contribution < 1.29 is 4.79 Å². The van der Waals surface area contributed by atoms with Crippen LogP contribution in [0.25, 0.3) is 0 Å². The molecule has 16 heavy (non-hydrogen) atoms. The minimum atomic E-state index is 0.0983. The van der Waals surface area contributed by atoms with Crippen molar-refractivity contribution in [3.63, 3.8) is 0 Å². The predicted molar refractivity (Wildman–Crippen MR) is 65.4 cm³/mol. The van der Waals surface area contributed by atoms with Crippen LogP contribution in [0.1, 0.15) is 21.6 Å². The number of carbonyl (C=O) groups excluding carboxylic acids is 1. The number of benzene rings is 1. The van der Waals surface area contributed by atoms with Gasteiger partial charge in [0.05, 0.1) is 5.69 Å². The molecule has 0 saturated carbocycles. The van der Waals surface area contributed by atoms with Crippen LogP contribution in [0.2, 0.25) is 0 Å². The average molecular weight is 232 g/mol. The van der Waals surface area contributed by atoms with Gasteiger partial charge >= 0.3 is 0 Å². The molecule has 0 saturated heterocycles. The molecule has 2 rings (SSSR count). The van der Waals surface area contributed by atoms with Gasteiger partial charge in [-0.1, -0.05) is 42.1 Å². The fraction of sp³-hybridized carbons (Fsp3) is 0.167. The molecular weight excluding hydrogens is 220 g/mol.